The van der Waals surface area contributed by atoms with E-state index in [0.717, 1.165) is 0 Å². The molecule has 132 valence electrons. The van der Waals surface area contributed by atoms with Gasteiger partial charge in [-0.15, -0.1) is 0 Å². The minimum absolute atomic E-state index is 0.875. The number of aliphatic hydroxyl groups is 7. The zero-order valence-corrected chi connectivity index (χ0v) is 12.5. The highest BCUT2D eigenvalue weighted by atomic mass is 17.2. The Hall–Kier alpha value is -0.850. The molecule has 0 rings (SSSR count). The van der Waals surface area contributed by atoms with E-state index in [-0.39, 0.29) is 0 Å². The summed E-state index contributed by atoms with van der Waals surface area (Å²) in [4.78, 5) is 20.3. The molecule has 0 aliphatic carbocycles. The molecule has 22 heavy (non-hydrogen) atoms. The van der Waals surface area contributed by atoms with E-state index in [0.29, 0.717) is 0 Å². The van der Waals surface area contributed by atoms with Gasteiger partial charge in [-0.2, -0.15) is 4.89 Å². The second-order valence-electron chi connectivity index (χ2n) is 5.76. The molecule has 0 aliphatic rings. The van der Waals surface area contributed by atoms with Crippen molar-refractivity contribution in [2.24, 2.45) is 0 Å². The van der Waals surface area contributed by atoms with Crippen molar-refractivity contribution in [1.29, 1.82) is 0 Å². The first-order valence-electron chi connectivity index (χ1n) is 6.51. The maximum absolute atomic E-state index is 11.4. The number of aliphatic hydroxyl groups excluding tert-OH is 7. The normalized spacial score (nSPS) is 20.6. The van der Waals surface area contributed by atoms with Crippen LogP contribution < -0.4 is 0 Å². The molecule has 0 aromatic rings. The van der Waals surface area contributed by atoms with Gasteiger partial charge in [-0.3, -0.25) is 4.89 Å². The minimum Gasteiger partial charge on any atom is -0.394 e. The molecule has 0 aromatic heterocycles. The summed E-state index contributed by atoms with van der Waals surface area (Å²) in [6.45, 7) is 3.74. The summed E-state index contributed by atoms with van der Waals surface area (Å²) in [7, 11) is 0. The van der Waals surface area contributed by atoms with Crippen LogP contribution in [0.4, 0.5) is 0 Å². The Morgan fingerprint density at radius 3 is 1.77 bits per heavy atom. The van der Waals surface area contributed by atoms with Crippen molar-refractivity contribution in [3.8, 4) is 0 Å². The van der Waals surface area contributed by atoms with Crippen molar-refractivity contribution >= 4 is 5.97 Å². The maximum atomic E-state index is 11.4. The first-order chi connectivity index (χ1) is 9.92. The third kappa shape index (κ3) is 6.50. The van der Waals surface area contributed by atoms with Crippen molar-refractivity contribution in [3.05, 3.63) is 0 Å². The number of hydrogen-bond donors (Lipinski definition) is 7. The Bertz CT molecular complexity index is 341. The van der Waals surface area contributed by atoms with Crippen LogP contribution in [0.5, 0.6) is 0 Å². The summed E-state index contributed by atoms with van der Waals surface area (Å²) in [5, 5.41) is 65.3. The van der Waals surface area contributed by atoms with Crippen LogP contribution in [-0.2, 0) is 14.6 Å². The molecule has 0 saturated carbocycles. The summed E-state index contributed by atoms with van der Waals surface area (Å²) in [5.74, 6) is -1.43. The molecule has 0 fully saturated rings. The minimum atomic E-state index is -2.27. The smallest absolute Gasteiger partial charge is 0.373 e. The van der Waals surface area contributed by atoms with E-state index in [1.807, 2.05) is 0 Å². The highest BCUT2D eigenvalue weighted by Crippen LogP contribution is 2.13. The lowest BCUT2D eigenvalue weighted by Gasteiger charge is -2.29. The molecule has 0 unspecified atom stereocenters. The van der Waals surface area contributed by atoms with E-state index in [4.69, 9.17) is 10.2 Å². The lowest BCUT2D eigenvalue weighted by molar-refractivity contribution is -0.327. The molecule has 10 heteroatoms. The van der Waals surface area contributed by atoms with E-state index in [1.165, 1.54) is 0 Å². The topological polar surface area (TPSA) is 177 Å². The Morgan fingerprint density at radius 1 is 0.909 bits per heavy atom. The lowest BCUT2D eigenvalue weighted by Crippen LogP contribution is -2.54. The van der Waals surface area contributed by atoms with Gasteiger partial charge < -0.3 is 35.7 Å². The molecule has 0 spiro atoms. The standard InChI is InChI=1S/C12H24O10/c1-12(2,3)22-21-11(20)10(19)9(18)8(17)7(16)6(15)5(14)4-13/h5-10,13-19H,4H2,1-3H3/t5-,6+,7-,8-,9-,10-/m1/s1. The zero-order chi connectivity index (χ0) is 17.7. The van der Waals surface area contributed by atoms with Crippen molar-refractivity contribution in [2.75, 3.05) is 6.61 Å². The largest absolute Gasteiger partial charge is 0.394 e. The van der Waals surface area contributed by atoms with Crippen LogP contribution in [0.2, 0.25) is 0 Å². The van der Waals surface area contributed by atoms with Gasteiger partial charge in [0.05, 0.1) is 6.61 Å². The highest BCUT2D eigenvalue weighted by Gasteiger charge is 2.40. The molecule has 0 saturated heterocycles. The lowest BCUT2D eigenvalue weighted by atomic mass is 9.96. The first-order valence-corrected chi connectivity index (χ1v) is 6.51. The third-order valence-corrected chi connectivity index (χ3v) is 2.57. The predicted molar refractivity (Wildman–Crippen MR) is 70.1 cm³/mol. The summed E-state index contributed by atoms with van der Waals surface area (Å²) >= 11 is 0. The molecular weight excluding hydrogens is 304 g/mol. The van der Waals surface area contributed by atoms with Gasteiger partial charge >= 0.3 is 5.97 Å². The van der Waals surface area contributed by atoms with Crippen LogP contribution in [0, 0.1) is 0 Å². The summed E-state index contributed by atoms with van der Waals surface area (Å²) in [6, 6.07) is 0. The summed E-state index contributed by atoms with van der Waals surface area (Å²) in [5.41, 5.74) is -0.875. The Labute approximate surface area is 127 Å². The number of hydrogen-bond acceptors (Lipinski definition) is 10. The number of rotatable bonds is 8. The molecule has 0 aliphatic heterocycles. The highest BCUT2D eigenvalue weighted by molar-refractivity contribution is 5.74. The zero-order valence-electron chi connectivity index (χ0n) is 12.5. The average molecular weight is 328 g/mol. The van der Waals surface area contributed by atoms with E-state index < -0.39 is 54.8 Å². The Balaban J connectivity index is 4.66. The van der Waals surface area contributed by atoms with Crippen molar-refractivity contribution in [1.82, 2.24) is 0 Å². The van der Waals surface area contributed by atoms with Gasteiger partial charge in [0, 0.05) is 0 Å². The fraction of sp³-hybridized carbons (Fsp3) is 0.917. The second-order valence-corrected chi connectivity index (χ2v) is 5.76. The SMILES string of the molecule is CC(C)(C)OOC(=O)[C@H](O)[C@H](O)[C@H](O)[C@H](O)[C@@H](O)[C@H](O)CO. The fourth-order valence-corrected chi connectivity index (χ4v) is 1.28. The maximum Gasteiger partial charge on any atom is 0.373 e. The molecule has 0 bridgehead atoms. The van der Waals surface area contributed by atoms with E-state index in [1.54, 1.807) is 20.8 Å². The molecular formula is C12H24O10. The Morgan fingerprint density at radius 2 is 1.36 bits per heavy atom. The molecule has 0 radical (unpaired) electrons. The number of carbonyl (C=O) groups excluding carboxylic acids is 1. The van der Waals surface area contributed by atoms with Gasteiger partial charge in [0.1, 0.15) is 36.1 Å². The fourth-order valence-electron chi connectivity index (χ4n) is 1.28. The average Bonchev–Trinajstić information content (AvgIpc) is 2.46. The summed E-state index contributed by atoms with van der Waals surface area (Å²) < 4.78 is 0. The quantitative estimate of drug-likeness (QED) is 0.174. The van der Waals surface area contributed by atoms with Gasteiger partial charge in [0.15, 0.2) is 6.10 Å². The molecule has 0 amide bonds. The number of carbonyl (C=O) groups is 1. The van der Waals surface area contributed by atoms with Gasteiger partial charge in [-0.25, -0.2) is 4.79 Å². The van der Waals surface area contributed by atoms with Crippen molar-refractivity contribution in [2.45, 2.75) is 63.0 Å². The molecule has 7 N–H and O–H groups in total. The molecule has 0 aromatic carbocycles. The second kappa shape index (κ2) is 8.70. The van der Waals surface area contributed by atoms with Gasteiger partial charge in [0.2, 0.25) is 0 Å². The van der Waals surface area contributed by atoms with Crippen LogP contribution in [0.3, 0.4) is 0 Å². The first kappa shape index (κ1) is 21.1. The van der Waals surface area contributed by atoms with E-state index in [9.17, 15) is 30.3 Å². The van der Waals surface area contributed by atoms with Crippen LogP contribution in [0.15, 0.2) is 0 Å². The van der Waals surface area contributed by atoms with Gasteiger partial charge in [0.25, 0.3) is 0 Å². The Kier molecular flexibility index (Phi) is 8.36. The third-order valence-electron chi connectivity index (χ3n) is 2.57. The molecule has 10 nitrogen and oxygen atoms in total. The van der Waals surface area contributed by atoms with E-state index in [2.05, 4.69) is 9.78 Å². The van der Waals surface area contributed by atoms with Crippen molar-refractivity contribution < 1.29 is 50.3 Å². The van der Waals surface area contributed by atoms with Crippen LogP contribution in [0.1, 0.15) is 20.8 Å². The van der Waals surface area contributed by atoms with Gasteiger partial charge in [-0.05, 0) is 20.8 Å². The van der Waals surface area contributed by atoms with Crippen LogP contribution in [-0.4, -0.2) is 90.5 Å². The predicted octanol–water partition coefficient (Wildman–Crippen LogP) is -3.58. The monoisotopic (exact) mass is 328 g/mol. The van der Waals surface area contributed by atoms with Crippen molar-refractivity contribution in [3.63, 3.8) is 0 Å². The van der Waals surface area contributed by atoms with Gasteiger partial charge in [-0.1, -0.05) is 0 Å². The van der Waals surface area contributed by atoms with Crippen LogP contribution in [0.25, 0.3) is 0 Å². The van der Waals surface area contributed by atoms with E-state index >= 15 is 0 Å². The molecule has 0 heterocycles. The summed E-state index contributed by atoms with van der Waals surface area (Å²) in [6.07, 6.45) is -12.6. The molecule has 6 atom stereocenters. The van der Waals surface area contributed by atoms with Crippen LogP contribution >= 0.6 is 0 Å².